The fourth-order valence-corrected chi connectivity index (χ4v) is 1.73. The van der Waals surface area contributed by atoms with E-state index < -0.39 is 0 Å². The number of carbonyl (C=O) groups is 2. The lowest BCUT2D eigenvalue weighted by Gasteiger charge is -2.19. The fraction of sp³-hybridized carbons (Fsp3) is 0.294. The topological polar surface area (TPSA) is 34.1 Å². The zero-order chi connectivity index (χ0) is 14.3. The third kappa shape index (κ3) is 5.35. The van der Waals surface area contributed by atoms with Gasteiger partial charge in [-0.2, -0.15) is 0 Å². The molecule has 0 aromatic heterocycles. The number of rotatable bonds is 5. The Bertz CT molecular complexity index is 527. The van der Waals surface area contributed by atoms with Crippen molar-refractivity contribution in [1.29, 1.82) is 0 Å². The summed E-state index contributed by atoms with van der Waals surface area (Å²) in [5, 5.41) is 0. The number of hydrogen-bond acceptors (Lipinski definition) is 2. The van der Waals surface area contributed by atoms with E-state index in [9.17, 15) is 9.59 Å². The molecule has 0 bridgehead atoms. The molecule has 0 amide bonds. The zero-order valence-electron chi connectivity index (χ0n) is 11.4. The minimum Gasteiger partial charge on any atom is -0.285 e. The van der Waals surface area contributed by atoms with Crippen LogP contribution in [0.2, 0.25) is 0 Å². The summed E-state index contributed by atoms with van der Waals surface area (Å²) in [5.41, 5.74) is 0.344. The standard InChI is InChI=1S/C17H18O2/c1-4-12-17(2,3)13-15(18)10-11-16(19)14-8-6-5-7-9-14/h4-9H,1,12-13H2,2-3H3. The van der Waals surface area contributed by atoms with E-state index in [1.54, 1.807) is 30.3 Å². The first kappa shape index (κ1) is 14.9. The van der Waals surface area contributed by atoms with Crippen molar-refractivity contribution in [2.75, 3.05) is 0 Å². The first-order valence-corrected chi connectivity index (χ1v) is 6.20. The number of hydrogen-bond donors (Lipinski definition) is 0. The van der Waals surface area contributed by atoms with Crippen LogP contribution in [-0.2, 0) is 4.79 Å². The average Bonchev–Trinajstić information content (AvgIpc) is 2.36. The zero-order valence-corrected chi connectivity index (χ0v) is 11.4. The van der Waals surface area contributed by atoms with Gasteiger partial charge in [0.2, 0.25) is 11.6 Å². The van der Waals surface area contributed by atoms with Crippen molar-refractivity contribution in [3.05, 3.63) is 48.6 Å². The Morgan fingerprint density at radius 3 is 2.42 bits per heavy atom. The molecule has 0 spiro atoms. The molecule has 0 atom stereocenters. The molecule has 0 aliphatic carbocycles. The van der Waals surface area contributed by atoms with Gasteiger partial charge in [0.05, 0.1) is 0 Å². The maximum absolute atomic E-state index is 11.7. The van der Waals surface area contributed by atoms with Gasteiger partial charge in [0.1, 0.15) is 0 Å². The molecule has 0 aliphatic heterocycles. The van der Waals surface area contributed by atoms with Gasteiger partial charge in [0.15, 0.2) is 0 Å². The van der Waals surface area contributed by atoms with Gasteiger partial charge in [-0.3, -0.25) is 9.59 Å². The van der Waals surface area contributed by atoms with Crippen molar-refractivity contribution in [2.24, 2.45) is 5.41 Å². The van der Waals surface area contributed by atoms with Gasteiger partial charge >= 0.3 is 0 Å². The highest BCUT2D eigenvalue weighted by atomic mass is 16.1. The molecule has 1 aromatic carbocycles. The molecule has 0 N–H and O–H groups in total. The normalized spacial score (nSPS) is 10.2. The average molecular weight is 254 g/mol. The lowest BCUT2D eigenvalue weighted by molar-refractivity contribution is -0.115. The van der Waals surface area contributed by atoms with E-state index in [1.165, 1.54) is 0 Å². The first-order chi connectivity index (χ1) is 8.94. The molecule has 1 rings (SSSR count). The lowest BCUT2D eigenvalue weighted by atomic mass is 9.84. The largest absolute Gasteiger partial charge is 0.285 e. The summed E-state index contributed by atoms with van der Waals surface area (Å²) in [5.74, 6) is 4.29. The van der Waals surface area contributed by atoms with Crippen LogP contribution in [0.25, 0.3) is 0 Å². The van der Waals surface area contributed by atoms with E-state index in [4.69, 9.17) is 0 Å². The summed E-state index contributed by atoms with van der Waals surface area (Å²) < 4.78 is 0. The highest BCUT2D eigenvalue weighted by Crippen LogP contribution is 2.25. The van der Waals surface area contributed by atoms with E-state index in [0.29, 0.717) is 12.0 Å². The summed E-state index contributed by atoms with van der Waals surface area (Å²) in [6, 6.07) is 8.73. The predicted molar refractivity (Wildman–Crippen MR) is 76.8 cm³/mol. The highest BCUT2D eigenvalue weighted by molar-refractivity contribution is 6.12. The Morgan fingerprint density at radius 2 is 1.84 bits per heavy atom. The lowest BCUT2D eigenvalue weighted by Crippen LogP contribution is -2.15. The van der Waals surface area contributed by atoms with E-state index in [2.05, 4.69) is 18.4 Å². The van der Waals surface area contributed by atoms with Crippen molar-refractivity contribution < 1.29 is 9.59 Å². The third-order valence-electron chi connectivity index (χ3n) is 2.69. The number of benzene rings is 1. The Kier molecular flexibility index (Phi) is 5.26. The molecule has 0 fully saturated rings. The van der Waals surface area contributed by atoms with Crippen molar-refractivity contribution >= 4 is 11.6 Å². The predicted octanol–water partition coefficient (Wildman–Crippen LogP) is 3.43. The van der Waals surface area contributed by atoms with Crippen molar-refractivity contribution in [1.82, 2.24) is 0 Å². The number of ketones is 2. The van der Waals surface area contributed by atoms with E-state index >= 15 is 0 Å². The molecular weight excluding hydrogens is 236 g/mol. The van der Waals surface area contributed by atoms with Crippen LogP contribution < -0.4 is 0 Å². The Morgan fingerprint density at radius 1 is 1.21 bits per heavy atom. The van der Waals surface area contributed by atoms with Crippen molar-refractivity contribution in [3.8, 4) is 11.8 Å². The van der Waals surface area contributed by atoms with Crippen LogP contribution in [0.3, 0.4) is 0 Å². The third-order valence-corrected chi connectivity index (χ3v) is 2.69. The smallest absolute Gasteiger partial charge is 0.236 e. The molecule has 0 saturated carbocycles. The molecule has 19 heavy (non-hydrogen) atoms. The number of carbonyl (C=O) groups excluding carboxylic acids is 2. The van der Waals surface area contributed by atoms with Crippen LogP contribution in [0.1, 0.15) is 37.0 Å². The van der Waals surface area contributed by atoms with Crippen LogP contribution >= 0.6 is 0 Å². The fourth-order valence-electron chi connectivity index (χ4n) is 1.73. The summed E-state index contributed by atoms with van der Waals surface area (Å²) >= 11 is 0. The second kappa shape index (κ2) is 6.70. The van der Waals surface area contributed by atoms with Crippen molar-refractivity contribution in [3.63, 3.8) is 0 Å². The SMILES string of the molecule is C=CCC(C)(C)CC(=O)C#CC(=O)c1ccccc1. The molecule has 2 heteroatoms. The molecule has 0 radical (unpaired) electrons. The second-order valence-corrected chi connectivity index (χ2v) is 5.20. The van der Waals surface area contributed by atoms with E-state index in [0.717, 1.165) is 6.42 Å². The van der Waals surface area contributed by atoms with E-state index in [-0.39, 0.29) is 17.0 Å². The summed E-state index contributed by atoms with van der Waals surface area (Å²) in [6.45, 7) is 7.62. The number of Topliss-reactive ketones (excluding diaryl/α,β-unsaturated/α-hetero) is 2. The van der Waals surface area contributed by atoms with Gasteiger partial charge in [0, 0.05) is 12.0 Å². The minimum atomic E-state index is -0.324. The molecule has 1 aromatic rings. The quantitative estimate of drug-likeness (QED) is 0.349. The van der Waals surface area contributed by atoms with Crippen LogP contribution in [0.15, 0.2) is 43.0 Å². The maximum Gasteiger partial charge on any atom is 0.236 e. The maximum atomic E-state index is 11.7. The van der Waals surface area contributed by atoms with Gasteiger partial charge in [-0.25, -0.2) is 0 Å². The summed E-state index contributed by atoms with van der Waals surface area (Å²) in [7, 11) is 0. The van der Waals surface area contributed by atoms with Gasteiger partial charge < -0.3 is 0 Å². The molecule has 0 saturated heterocycles. The van der Waals surface area contributed by atoms with Crippen LogP contribution in [0, 0.1) is 17.3 Å². The van der Waals surface area contributed by atoms with Crippen molar-refractivity contribution in [2.45, 2.75) is 26.7 Å². The summed E-state index contributed by atoms with van der Waals surface area (Å²) in [4.78, 5) is 23.4. The van der Waals surface area contributed by atoms with Gasteiger partial charge in [-0.15, -0.1) is 6.58 Å². The molecule has 2 nitrogen and oxygen atoms in total. The van der Waals surface area contributed by atoms with Crippen LogP contribution in [0.5, 0.6) is 0 Å². The Hall–Kier alpha value is -2.14. The van der Waals surface area contributed by atoms with Crippen LogP contribution in [-0.4, -0.2) is 11.6 Å². The van der Waals surface area contributed by atoms with Crippen LogP contribution in [0.4, 0.5) is 0 Å². The monoisotopic (exact) mass is 254 g/mol. The van der Waals surface area contributed by atoms with E-state index in [1.807, 2.05) is 19.9 Å². The minimum absolute atomic E-state index is 0.163. The molecule has 0 heterocycles. The number of allylic oxidation sites excluding steroid dienone is 1. The first-order valence-electron chi connectivity index (χ1n) is 6.20. The Labute approximate surface area is 114 Å². The Balaban J connectivity index is 2.66. The van der Waals surface area contributed by atoms with Gasteiger partial charge in [-0.1, -0.05) is 50.3 Å². The second-order valence-electron chi connectivity index (χ2n) is 5.20. The molecule has 0 aliphatic rings. The highest BCUT2D eigenvalue weighted by Gasteiger charge is 2.19. The summed E-state index contributed by atoms with van der Waals surface area (Å²) in [6.07, 6.45) is 2.86. The molecule has 0 unspecified atom stereocenters. The van der Waals surface area contributed by atoms with Gasteiger partial charge in [0.25, 0.3) is 0 Å². The molecule has 98 valence electrons. The molecular formula is C17H18O2. The van der Waals surface area contributed by atoms with Gasteiger partial charge in [-0.05, 0) is 23.7 Å².